The minimum Gasteiger partial charge on any atom is -0.497 e. The predicted octanol–water partition coefficient (Wildman–Crippen LogP) is 2.54. The van der Waals surface area contributed by atoms with Gasteiger partial charge in [0.25, 0.3) is 0 Å². The Kier molecular flexibility index (Phi) is 5.43. The van der Waals surface area contributed by atoms with E-state index in [4.69, 9.17) is 4.74 Å². The van der Waals surface area contributed by atoms with Crippen LogP contribution >= 0.6 is 0 Å². The van der Waals surface area contributed by atoms with E-state index < -0.39 is 11.8 Å². The summed E-state index contributed by atoms with van der Waals surface area (Å²) >= 11 is 0. The summed E-state index contributed by atoms with van der Waals surface area (Å²) in [6.07, 6.45) is 2.25. The van der Waals surface area contributed by atoms with Gasteiger partial charge in [0.1, 0.15) is 5.75 Å². The number of anilines is 1. The van der Waals surface area contributed by atoms with Crippen molar-refractivity contribution in [1.82, 2.24) is 10.3 Å². The first kappa shape index (κ1) is 17.4. The maximum absolute atomic E-state index is 12.1. The number of benzene rings is 2. The Morgan fingerprint density at radius 3 is 2.69 bits per heavy atom. The number of nitrogens with one attached hydrogen (secondary N) is 2. The van der Waals surface area contributed by atoms with Crippen molar-refractivity contribution >= 4 is 28.4 Å². The largest absolute Gasteiger partial charge is 0.497 e. The van der Waals surface area contributed by atoms with Crippen molar-refractivity contribution in [2.45, 2.75) is 6.42 Å². The van der Waals surface area contributed by atoms with Gasteiger partial charge in [-0.3, -0.25) is 14.6 Å². The van der Waals surface area contributed by atoms with Gasteiger partial charge in [-0.2, -0.15) is 0 Å². The lowest BCUT2D eigenvalue weighted by Crippen LogP contribution is -2.36. The molecule has 26 heavy (non-hydrogen) atoms. The number of hydrogen-bond acceptors (Lipinski definition) is 4. The van der Waals surface area contributed by atoms with Crippen molar-refractivity contribution in [3.63, 3.8) is 0 Å². The fourth-order valence-electron chi connectivity index (χ4n) is 2.61. The summed E-state index contributed by atoms with van der Waals surface area (Å²) < 4.78 is 5.16. The number of methoxy groups -OCH3 is 1. The average molecular weight is 349 g/mol. The molecule has 0 radical (unpaired) electrons. The topological polar surface area (TPSA) is 80.3 Å². The Morgan fingerprint density at radius 1 is 1.04 bits per heavy atom. The van der Waals surface area contributed by atoms with Crippen LogP contribution in [0.15, 0.2) is 60.8 Å². The van der Waals surface area contributed by atoms with E-state index in [0.717, 1.165) is 16.7 Å². The van der Waals surface area contributed by atoms with E-state index in [0.29, 0.717) is 24.2 Å². The van der Waals surface area contributed by atoms with Crippen molar-refractivity contribution in [1.29, 1.82) is 0 Å². The Morgan fingerprint density at radius 2 is 1.85 bits per heavy atom. The highest BCUT2D eigenvalue weighted by atomic mass is 16.5. The van der Waals surface area contributed by atoms with Crippen LogP contribution in [0.25, 0.3) is 10.9 Å². The van der Waals surface area contributed by atoms with Crippen LogP contribution in [0.5, 0.6) is 5.75 Å². The molecule has 0 aliphatic rings. The summed E-state index contributed by atoms with van der Waals surface area (Å²) in [6.45, 7) is 0.354. The van der Waals surface area contributed by atoms with Crippen molar-refractivity contribution in [3.05, 3.63) is 66.4 Å². The van der Waals surface area contributed by atoms with Crippen molar-refractivity contribution < 1.29 is 14.3 Å². The number of amides is 2. The smallest absolute Gasteiger partial charge is 0.313 e. The fraction of sp³-hybridized carbons (Fsp3) is 0.150. The van der Waals surface area contributed by atoms with Gasteiger partial charge in [-0.15, -0.1) is 0 Å². The summed E-state index contributed by atoms with van der Waals surface area (Å²) in [5.74, 6) is -0.635. The zero-order valence-electron chi connectivity index (χ0n) is 14.4. The van der Waals surface area contributed by atoms with Gasteiger partial charge in [0.2, 0.25) is 0 Å². The number of para-hydroxylation sites is 1. The Labute approximate surface area is 151 Å². The molecule has 0 atom stereocenters. The van der Waals surface area contributed by atoms with Gasteiger partial charge in [-0.05, 0) is 36.2 Å². The zero-order valence-corrected chi connectivity index (χ0v) is 14.4. The molecule has 0 saturated carbocycles. The van der Waals surface area contributed by atoms with Crippen LogP contribution in [0, 0.1) is 0 Å². The lowest BCUT2D eigenvalue weighted by Gasteiger charge is -2.09. The summed E-state index contributed by atoms with van der Waals surface area (Å²) in [5, 5.41) is 6.13. The molecular formula is C20H19N3O3. The van der Waals surface area contributed by atoms with Gasteiger partial charge in [0.05, 0.1) is 18.3 Å². The van der Waals surface area contributed by atoms with E-state index >= 15 is 0 Å². The van der Waals surface area contributed by atoms with Crippen LogP contribution in [0.2, 0.25) is 0 Å². The highest BCUT2D eigenvalue weighted by Gasteiger charge is 2.14. The molecule has 2 aromatic carbocycles. The maximum atomic E-state index is 12.1. The monoisotopic (exact) mass is 349 g/mol. The van der Waals surface area contributed by atoms with Gasteiger partial charge < -0.3 is 15.4 Å². The molecule has 3 aromatic rings. The molecule has 1 heterocycles. The Hall–Kier alpha value is -3.41. The predicted molar refractivity (Wildman–Crippen MR) is 100 cm³/mol. The zero-order chi connectivity index (χ0) is 18.4. The summed E-state index contributed by atoms with van der Waals surface area (Å²) in [5.41, 5.74) is 2.17. The molecule has 0 aliphatic carbocycles. The van der Waals surface area contributed by atoms with E-state index in [2.05, 4.69) is 15.6 Å². The summed E-state index contributed by atoms with van der Waals surface area (Å²) in [4.78, 5) is 28.4. The van der Waals surface area contributed by atoms with Crippen LogP contribution in [-0.2, 0) is 16.0 Å². The first-order valence-corrected chi connectivity index (χ1v) is 8.23. The van der Waals surface area contributed by atoms with E-state index in [-0.39, 0.29) is 0 Å². The number of hydrogen-bond donors (Lipinski definition) is 2. The Bertz CT molecular complexity index is 935. The first-order chi connectivity index (χ1) is 12.7. The second kappa shape index (κ2) is 8.11. The van der Waals surface area contributed by atoms with Crippen molar-refractivity contribution in [3.8, 4) is 5.75 Å². The van der Waals surface area contributed by atoms with Crippen LogP contribution in [-0.4, -0.2) is 30.5 Å². The van der Waals surface area contributed by atoms with Crippen LogP contribution in [0.3, 0.4) is 0 Å². The molecule has 132 valence electrons. The lowest BCUT2D eigenvalue weighted by atomic mass is 10.1. The maximum Gasteiger partial charge on any atom is 0.313 e. The van der Waals surface area contributed by atoms with Gasteiger partial charge in [-0.1, -0.05) is 30.3 Å². The molecule has 1 aromatic heterocycles. The standard InChI is InChI=1S/C20H19N3O3/c1-26-16-8-2-5-14(13-16)10-12-22-19(24)20(25)23-17-9-3-6-15-7-4-11-21-18(15)17/h2-9,11,13H,10,12H2,1H3,(H,22,24)(H,23,25). The number of rotatable bonds is 5. The molecule has 0 fully saturated rings. The minimum absolute atomic E-state index is 0.354. The highest BCUT2D eigenvalue weighted by molar-refractivity contribution is 6.40. The normalized spacial score (nSPS) is 10.3. The SMILES string of the molecule is COc1cccc(CCNC(=O)C(=O)Nc2cccc3cccnc23)c1. The third kappa shape index (κ3) is 4.16. The Balaban J connectivity index is 1.57. The number of ether oxygens (including phenoxy) is 1. The van der Waals surface area contributed by atoms with Crippen LogP contribution in [0.1, 0.15) is 5.56 Å². The van der Waals surface area contributed by atoms with Crippen LogP contribution < -0.4 is 15.4 Å². The van der Waals surface area contributed by atoms with E-state index in [1.165, 1.54) is 0 Å². The molecule has 0 bridgehead atoms. The van der Waals surface area contributed by atoms with E-state index in [1.807, 2.05) is 42.5 Å². The molecule has 2 amide bonds. The number of nitrogens with zero attached hydrogens (tertiary/aromatic N) is 1. The molecule has 3 rings (SSSR count). The third-order valence-electron chi connectivity index (χ3n) is 3.92. The minimum atomic E-state index is -0.714. The fourth-order valence-corrected chi connectivity index (χ4v) is 2.61. The average Bonchev–Trinajstić information content (AvgIpc) is 2.68. The first-order valence-electron chi connectivity index (χ1n) is 8.23. The quantitative estimate of drug-likeness (QED) is 0.694. The summed E-state index contributed by atoms with van der Waals surface area (Å²) in [7, 11) is 1.60. The van der Waals surface area contributed by atoms with Gasteiger partial charge in [0, 0.05) is 18.1 Å². The van der Waals surface area contributed by atoms with E-state index in [1.54, 1.807) is 25.4 Å². The van der Waals surface area contributed by atoms with Crippen molar-refractivity contribution in [2.24, 2.45) is 0 Å². The molecular weight excluding hydrogens is 330 g/mol. The molecule has 6 heteroatoms. The highest BCUT2D eigenvalue weighted by Crippen LogP contribution is 2.20. The molecule has 0 spiro atoms. The number of pyridine rings is 1. The molecule has 0 unspecified atom stereocenters. The molecule has 6 nitrogen and oxygen atoms in total. The lowest BCUT2D eigenvalue weighted by molar-refractivity contribution is -0.136. The van der Waals surface area contributed by atoms with Crippen molar-refractivity contribution in [2.75, 3.05) is 19.0 Å². The van der Waals surface area contributed by atoms with Crippen LogP contribution in [0.4, 0.5) is 5.69 Å². The van der Waals surface area contributed by atoms with Gasteiger partial charge in [0.15, 0.2) is 0 Å². The number of carbonyl (C=O) groups is 2. The van der Waals surface area contributed by atoms with E-state index in [9.17, 15) is 9.59 Å². The van der Waals surface area contributed by atoms with Gasteiger partial charge >= 0.3 is 11.8 Å². The molecule has 0 saturated heterocycles. The van der Waals surface area contributed by atoms with Gasteiger partial charge in [-0.25, -0.2) is 0 Å². The number of fused-ring (bicyclic) bond motifs is 1. The summed E-state index contributed by atoms with van der Waals surface area (Å²) in [6, 6.07) is 16.7. The third-order valence-corrected chi connectivity index (χ3v) is 3.92. The second-order valence-electron chi connectivity index (χ2n) is 5.69. The second-order valence-corrected chi connectivity index (χ2v) is 5.69. The number of aromatic nitrogens is 1. The molecule has 2 N–H and O–H groups in total. The number of carbonyl (C=O) groups excluding carboxylic acids is 2. The molecule has 0 aliphatic heterocycles.